The molecule has 0 saturated heterocycles. The van der Waals surface area contributed by atoms with Gasteiger partial charge in [0.15, 0.2) is 0 Å². The fraction of sp³-hybridized carbons (Fsp3) is 1.00. The summed E-state index contributed by atoms with van der Waals surface area (Å²) in [5, 5.41) is 6.57. The second-order valence-corrected chi connectivity index (χ2v) is 3.10. The Bertz CT molecular complexity index is 83.3. The summed E-state index contributed by atoms with van der Waals surface area (Å²) < 4.78 is 0. The fourth-order valence-corrected chi connectivity index (χ4v) is 1.91. The van der Waals surface area contributed by atoms with Gasteiger partial charge in [0.05, 0.1) is 6.17 Å². The SMILES string of the molecule is CNC(NC)C1CCCC1. The molecule has 1 rings (SSSR count). The van der Waals surface area contributed by atoms with Crippen molar-refractivity contribution in [1.82, 2.24) is 10.6 Å². The van der Waals surface area contributed by atoms with E-state index < -0.39 is 0 Å². The molecular weight excluding hydrogens is 124 g/mol. The van der Waals surface area contributed by atoms with Gasteiger partial charge in [0.2, 0.25) is 0 Å². The molecule has 0 heterocycles. The molecule has 0 bridgehead atoms. The van der Waals surface area contributed by atoms with E-state index in [1.807, 2.05) is 14.1 Å². The van der Waals surface area contributed by atoms with Crippen LogP contribution < -0.4 is 10.6 Å². The molecule has 2 nitrogen and oxygen atoms in total. The minimum absolute atomic E-state index is 0.544. The van der Waals surface area contributed by atoms with E-state index in [0.29, 0.717) is 6.17 Å². The molecule has 1 saturated carbocycles. The molecule has 0 radical (unpaired) electrons. The number of rotatable bonds is 3. The maximum absolute atomic E-state index is 3.28. The van der Waals surface area contributed by atoms with E-state index >= 15 is 0 Å². The van der Waals surface area contributed by atoms with E-state index in [0.717, 1.165) is 5.92 Å². The summed E-state index contributed by atoms with van der Waals surface area (Å²) in [6, 6.07) is 0. The summed E-state index contributed by atoms with van der Waals surface area (Å²) in [4.78, 5) is 0. The van der Waals surface area contributed by atoms with Crippen molar-refractivity contribution in [3.63, 3.8) is 0 Å². The van der Waals surface area contributed by atoms with Crippen LogP contribution in [0.25, 0.3) is 0 Å². The standard InChI is InChI=1S/C8H18N2/c1-9-8(10-2)7-5-3-4-6-7/h7-10H,3-6H2,1-2H3. The van der Waals surface area contributed by atoms with E-state index in [1.165, 1.54) is 25.7 Å². The van der Waals surface area contributed by atoms with E-state index in [9.17, 15) is 0 Å². The molecule has 1 aliphatic carbocycles. The predicted molar refractivity (Wildman–Crippen MR) is 43.9 cm³/mol. The predicted octanol–water partition coefficient (Wildman–Crippen LogP) is 0.941. The van der Waals surface area contributed by atoms with E-state index in [-0.39, 0.29) is 0 Å². The topological polar surface area (TPSA) is 24.1 Å². The van der Waals surface area contributed by atoms with Crippen LogP contribution in [-0.4, -0.2) is 20.3 Å². The molecule has 0 aliphatic heterocycles. The Morgan fingerprint density at radius 3 is 2.00 bits per heavy atom. The summed E-state index contributed by atoms with van der Waals surface area (Å²) in [6.45, 7) is 0. The molecule has 2 N–H and O–H groups in total. The van der Waals surface area contributed by atoms with Crippen molar-refractivity contribution in [2.24, 2.45) is 5.92 Å². The van der Waals surface area contributed by atoms with Crippen molar-refractivity contribution in [3.05, 3.63) is 0 Å². The van der Waals surface area contributed by atoms with Crippen LogP contribution in [0.15, 0.2) is 0 Å². The minimum Gasteiger partial charge on any atom is -0.305 e. The molecule has 10 heavy (non-hydrogen) atoms. The van der Waals surface area contributed by atoms with Gasteiger partial charge >= 0.3 is 0 Å². The zero-order chi connectivity index (χ0) is 7.40. The molecule has 2 heteroatoms. The first kappa shape index (κ1) is 8.02. The number of hydrogen-bond donors (Lipinski definition) is 2. The lowest BCUT2D eigenvalue weighted by Gasteiger charge is -2.21. The third kappa shape index (κ3) is 1.70. The monoisotopic (exact) mass is 142 g/mol. The molecule has 0 atom stereocenters. The van der Waals surface area contributed by atoms with Crippen LogP contribution in [0.2, 0.25) is 0 Å². The van der Waals surface area contributed by atoms with Crippen LogP contribution in [-0.2, 0) is 0 Å². The van der Waals surface area contributed by atoms with Gasteiger partial charge in [-0.1, -0.05) is 12.8 Å². The van der Waals surface area contributed by atoms with Gasteiger partial charge in [0.1, 0.15) is 0 Å². The summed E-state index contributed by atoms with van der Waals surface area (Å²) >= 11 is 0. The average Bonchev–Trinajstić information content (AvgIpc) is 2.43. The van der Waals surface area contributed by atoms with Crippen molar-refractivity contribution in [2.75, 3.05) is 14.1 Å². The third-order valence-corrected chi connectivity index (χ3v) is 2.49. The van der Waals surface area contributed by atoms with Gasteiger partial charge in [0.25, 0.3) is 0 Å². The molecule has 0 aromatic heterocycles. The van der Waals surface area contributed by atoms with Gasteiger partial charge in [-0.15, -0.1) is 0 Å². The highest BCUT2D eigenvalue weighted by atomic mass is 15.1. The summed E-state index contributed by atoms with van der Waals surface area (Å²) in [6.07, 6.45) is 6.18. The van der Waals surface area contributed by atoms with Crippen LogP contribution in [0.3, 0.4) is 0 Å². The maximum Gasteiger partial charge on any atom is 0.0595 e. The second-order valence-electron chi connectivity index (χ2n) is 3.10. The van der Waals surface area contributed by atoms with Crippen LogP contribution >= 0.6 is 0 Å². The van der Waals surface area contributed by atoms with Gasteiger partial charge in [0, 0.05) is 0 Å². The maximum atomic E-state index is 3.28. The molecule has 60 valence electrons. The van der Waals surface area contributed by atoms with Gasteiger partial charge in [-0.3, -0.25) is 0 Å². The second kappa shape index (κ2) is 3.94. The van der Waals surface area contributed by atoms with E-state index in [1.54, 1.807) is 0 Å². The first-order valence-corrected chi connectivity index (χ1v) is 4.23. The molecule has 0 amide bonds. The Morgan fingerprint density at radius 1 is 1.10 bits per heavy atom. The Morgan fingerprint density at radius 2 is 1.60 bits per heavy atom. The highest BCUT2D eigenvalue weighted by molar-refractivity contribution is 4.76. The van der Waals surface area contributed by atoms with Crippen LogP contribution in [0.1, 0.15) is 25.7 Å². The average molecular weight is 142 g/mol. The summed E-state index contributed by atoms with van der Waals surface area (Å²) in [7, 11) is 4.05. The van der Waals surface area contributed by atoms with E-state index in [2.05, 4.69) is 10.6 Å². The Kier molecular flexibility index (Phi) is 3.16. The highest BCUT2D eigenvalue weighted by Gasteiger charge is 2.21. The molecule has 0 aromatic carbocycles. The fourth-order valence-electron chi connectivity index (χ4n) is 1.91. The van der Waals surface area contributed by atoms with Crippen LogP contribution in [0.4, 0.5) is 0 Å². The summed E-state index contributed by atoms with van der Waals surface area (Å²) in [5.41, 5.74) is 0. The normalized spacial score (nSPS) is 20.7. The lowest BCUT2D eigenvalue weighted by Crippen LogP contribution is -2.43. The first-order chi connectivity index (χ1) is 4.88. The zero-order valence-electron chi connectivity index (χ0n) is 6.98. The number of nitrogens with one attached hydrogen (secondary N) is 2. The minimum atomic E-state index is 0.544. The lowest BCUT2D eigenvalue weighted by molar-refractivity contribution is 0.339. The quantitative estimate of drug-likeness (QED) is 0.573. The first-order valence-electron chi connectivity index (χ1n) is 4.23. The van der Waals surface area contributed by atoms with Crippen molar-refractivity contribution in [1.29, 1.82) is 0 Å². The van der Waals surface area contributed by atoms with Crippen LogP contribution in [0, 0.1) is 5.92 Å². The van der Waals surface area contributed by atoms with Gasteiger partial charge in [-0.2, -0.15) is 0 Å². The smallest absolute Gasteiger partial charge is 0.0595 e. The van der Waals surface area contributed by atoms with Crippen molar-refractivity contribution in [3.8, 4) is 0 Å². The van der Waals surface area contributed by atoms with Gasteiger partial charge < -0.3 is 10.6 Å². The Hall–Kier alpha value is -0.0800. The molecule has 1 aliphatic rings. The zero-order valence-corrected chi connectivity index (χ0v) is 6.98. The van der Waals surface area contributed by atoms with Crippen LogP contribution in [0.5, 0.6) is 0 Å². The van der Waals surface area contributed by atoms with Crippen molar-refractivity contribution < 1.29 is 0 Å². The number of hydrogen-bond acceptors (Lipinski definition) is 2. The Labute approximate surface area is 63.4 Å². The molecule has 1 fully saturated rings. The molecular formula is C8H18N2. The molecule has 0 spiro atoms. The Balaban J connectivity index is 2.29. The van der Waals surface area contributed by atoms with Crippen molar-refractivity contribution in [2.45, 2.75) is 31.8 Å². The van der Waals surface area contributed by atoms with Crippen molar-refractivity contribution >= 4 is 0 Å². The molecule has 0 aromatic rings. The van der Waals surface area contributed by atoms with Gasteiger partial charge in [-0.25, -0.2) is 0 Å². The highest BCUT2D eigenvalue weighted by Crippen LogP contribution is 2.26. The van der Waals surface area contributed by atoms with Gasteiger partial charge in [-0.05, 0) is 32.9 Å². The molecule has 0 unspecified atom stereocenters. The van der Waals surface area contributed by atoms with E-state index in [4.69, 9.17) is 0 Å². The summed E-state index contributed by atoms with van der Waals surface area (Å²) in [5.74, 6) is 0.870. The lowest BCUT2D eigenvalue weighted by atomic mass is 10.1. The third-order valence-electron chi connectivity index (χ3n) is 2.49. The largest absolute Gasteiger partial charge is 0.305 e.